The molecule has 0 bridgehead atoms. The van der Waals surface area contributed by atoms with Gasteiger partial charge in [-0.3, -0.25) is 9.62 Å². The van der Waals surface area contributed by atoms with Crippen molar-refractivity contribution in [1.29, 1.82) is 0 Å². The number of aryl methyl sites for hydroxylation is 1. The highest BCUT2D eigenvalue weighted by Crippen LogP contribution is 2.29. The van der Waals surface area contributed by atoms with Crippen LogP contribution in [-0.2, 0) is 22.9 Å². The van der Waals surface area contributed by atoms with Gasteiger partial charge in [0.15, 0.2) is 5.13 Å². The summed E-state index contributed by atoms with van der Waals surface area (Å²) in [5.41, 5.74) is 4.15. The molecule has 0 unspecified atom stereocenters. The molecule has 31 heavy (non-hydrogen) atoms. The SMILES string of the molecule is Cc1ccc(Cc2cnc(NC(=O)NCCS(=O)(=O)N3CCc4ccccc43)s2)cc1. The number of sulfonamides is 1. The molecule has 0 aliphatic carbocycles. The van der Waals surface area contributed by atoms with E-state index in [0.29, 0.717) is 18.1 Å². The minimum atomic E-state index is -3.50. The number of hydrogen-bond donors (Lipinski definition) is 2. The number of nitrogens with one attached hydrogen (secondary N) is 2. The molecule has 2 amide bonds. The lowest BCUT2D eigenvalue weighted by molar-refractivity contribution is 0.252. The van der Waals surface area contributed by atoms with Gasteiger partial charge in [0.2, 0.25) is 10.0 Å². The summed E-state index contributed by atoms with van der Waals surface area (Å²) in [4.78, 5) is 17.4. The Hall–Kier alpha value is -2.91. The summed E-state index contributed by atoms with van der Waals surface area (Å²) in [6.45, 7) is 2.51. The molecule has 1 aromatic heterocycles. The molecule has 0 radical (unpaired) electrons. The molecule has 3 aromatic rings. The third-order valence-electron chi connectivity index (χ3n) is 5.10. The number of amides is 2. The van der Waals surface area contributed by atoms with Gasteiger partial charge in [-0.05, 0) is 30.5 Å². The largest absolute Gasteiger partial charge is 0.337 e. The van der Waals surface area contributed by atoms with E-state index >= 15 is 0 Å². The average Bonchev–Trinajstić information content (AvgIpc) is 3.36. The Labute approximate surface area is 186 Å². The van der Waals surface area contributed by atoms with Crippen molar-refractivity contribution in [1.82, 2.24) is 10.3 Å². The predicted octanol–water partition coefficient (Wildman–Crippen LogP) is 3.56. The topological polar surface area (TPSA) is 91.4 Å². The summed E-state index contributed by atoms with van der Waals surface area (Å²) >= 11 is 1.40. The summed E-state index contributed by atoms with van der Waals surface area (Å²) in [5.74, 6) is -0.161. The molecule has 2 aromatic carbocycles. The van der Waals surface area contributed by atoms with E-state index in [0.717, 1.165) is 22.5 Å². The summed E-state index contributed by atoms with van der Waals surface area (Å²) < 4.78 is 26.8. The highest BCUT2D eigenvalue weighted by atomic mass is 32.2. The van der Waals surface area contributed by atoms with Gasteiger partial charge in [0.25, 0.3) is 0 Å². The van der Waals surface area contributed by atoms with Crippen LogP contribution in [0.2, 0.25) is 0 Å². The quantitative estimate of drug-likeness (QED) is 0.569. The number of aromatic nitrogens is 1. The van der Waals surface area contributed by atoms with Gasteiger partial charge in [0, 0.05) is 30.6 Å². The van der Waals surface area contributed by atoms with E-state index in [2.05, 4.69) is 39.9 Å². The van der Waals surface area contributed by atoms with Gasteiger partial charge in [-0.25, -0.2) is 18.2 Å². The Bertz CT molecular complexity index is 1170. The molecule has 7 nitrogen and oxygen atoms in total. The van der Waals surface area contributed by atoms with Crippen molar-refractivity contribution in [2.75, 3.05) is 28.5 Å². The smallest absolute Gasteiger partial charge is 0.321 e. The number of benzene rings is 2. The second-order valence-corrected chi connectivity index (χ2v) is 10.6. The fraction of sp³-hybridized carbons (Fsp3) is 0.273. The summed E-state index contributed by atoms with van der Waals surface area (Å²) in [5, 5.41) is 5.77. The van der Waals surface area contributed by atoms with Crippen molar-refractivity contribution in [3.63, 3.8) is 0 Å². The molecule has 1 aliphatic heterocycles. The van der Waals surface area contributed by atoms with Gasteiger partial charge in [-0.1, -0.05) is 48.0 Å². The minimum absolute atomic E-state index is 0.0223. The molecule has 0 spiro atoms. The standard InChI is InChI=1S/C22H24N4O3S2/c1-16-6-8-17(9-7-16)14-19-15-24-22(30-19)25-21(27)23-11-13-31(28,29)26-12-10-18-4-2-3-5-20(18)26/h2-9,15H,10-14H2,1H3,(H2,23,24,25,27). The Balaban J connectivity index is 1.26. The molecular formula is C22H24N4O3S2. The second kappa shape index (κ2) is 9.07. The van der Waals surface area contributed by atoms with E-state index in [4.69, 9.17) is 0 Å². The van der Waals surface area contributed by atoms with E-state index in [1.54, 1.807) is 6.20 Å². The van der Waals surface area contributed by atoms with Gasteiger partial charge in [-0.15, -0.1) is 11.3 Å². The predicted molar refractivity (Wildman–Crippen MR) is 124 cm³/mol. The lowest BCUT2D eigenvalue weighted by atomic mass is 10.1. The maximum atomic E-state index is 12.7. The molecule has 0 atom stereocenters. The summed E-state index contributed by atoms with van der Waals surface area (Å²) in [7, 11) is -3.50. The first-order valence-corrected chi connectivity index (χ1v) is 12.5. The fourth-order valence-corrected chi connectivity index (χ4v) is 5.77. The van der Waals surface area contributed by atoms with E-state index in [9.17, 15) is 13.2 Å². The third-order valence-corrected chi connectivity index (χ3v) is 7.78. The second-order valence-electron chi connectivity index (χ2n) is 7.44. The normalized spacial score (nSPS) is 13.1. The number of para-hydroxylation sites is 1. The minimum Gasteiger partial charge on any atom is -0.337 e. The first kappa shape index (κ1) is 21.3. The van der Waals surface area contributed by atoms with Crippen LogP contribution in [0.4, 0.5) is 15.6 Å². The van der Waals surface area contributed by atoms with Crippen molar-refractivity contribution >= 4 is 38.2 Å². The number of hydrogen-bond acceptors (Lipinski definition) is 5. The monoisotopic (exact) mass is 456 g/mol. The zero-order chi connectivity index (χ0) is 21.8. The van der Waals surface area contributed by atoms with Gasteiger partial charge >= 0.3 is 6.03 Å². The maximum absolute atomic E-state index is 12.7. The third kappa shape index (κ3) is 5.23. The Morgan fingerprint density at radius 1 is 1.16 bits per heavy atom. The summed E-state index contributed by atoms with van der Waals surface area (Å²) in [6, 6.07) is 15.3. The van der Waals surface area contributed by atoms with E-state index in [1.807, 2.05) is 31.2 Å². The van der Waals surface area contributed by atoms with Crippen molar-refractivity contribution in [2.24, 2.45) is 0 Å². The van der Waals surface area contributed by atoms with Crippen LogP contribution in [-0.4, -0.2) is 38.3 Å². The number of nitrogens with zero attached hydrogens (tertiary/aromatic N) is 2. The van der Waals surface area contributed by atoms with Crippen molar-refractivity contribution < 1.29 is 13.2 Å². The molecule has 0 fully saturated rings. The maximum Gasteiger partial charge on any atom is 0.321 e. The lowest BCUT2D eigenvalue weighted by Crippen LogP contribution is -2.38. The molecule has 2 heterocycles. The molecule has 162 valence electrons. The number of rotatable bonds is 7. The van der Waals surface area contributed by atoms with Crippen molar-refractivity contribution in [3.05, 3.63) is 76.3 Å². The lowest BCUT2D eigenvalue weighted by Gasteiger charge is -2.19. The van der Waals surface area contributed by atoms with Crippen LogP contribution in [0.1, 0.15) is 21.6 Å². The number of carbonyl (C=O) groups excluding carboxylic acids is 1. The first-order chi connectivity index (χ1) is 14.9. The van der Waals surface area contributed by atoms with Crippen LogP contribution in [0.15, 0.2) is 54.7 Å². The molecule has 0 saturated carbocycles. The van der Waals surface area contributed by atoms with Crippen molar-refractivity contribution in [2.45, 2.75) is 19.8 Å². The highest BCUT2D eigenvalue weighted by Gasteiger charge is 2.28. The van der Waals surface area contributed by atoms with Crippen molar-refractivity contribution in [3.8, 4) is 0 Å². The van der Waals surface area contributed by atoms with E-state index in [1.165, 1.54) is 26.8 Å². The number of urea groups is 1. The molecule has 2 N–H and O–H groups in total. The molecule has 9 heteroatoms. The average molecular weight is 457 g/mol. The van der Waals surface area contributed by atoms with Crippen LogP contribution < -0.4 is 14.9 Å². The van der Waals surface area contributed by atoms with E-state index < -0.39 is 16.1 Å². The summed E-state index contributed by atoms with van der Waals surface area (Å²) in [6.07, 6.45) is 3.20. The van der Waals surface area contributed by atoms with Crippen LogP contribution in [0.25, 0.3) is 0 Å². The van der Waals surface area contributed by atoms with Crippen LogP contribution in [0.5, 0.6) is 0 Å². The van der Waals surface area contributed by atoms with Gasteiger partial charge in [-0.2, -0.15) is 0 Å². The highest BCUT2D eigenvalue weighted by molar-refractivity contribution is 7.92. The van der Waals surface area contributed by atoms with Gasteiger partial charge in [0.05, 0.1) is 11.4 Å². The zero-order valence-corrected chi connectivity index (χ0v) is 18.8. The van der Waals surface area contributed by atoms with E-state index in [-0.39, 0.29) is 12.3 Å². The van der Waals surface area contributed by atoms with Crippen LogP contribution in [0, 0.1) is 6.92 Å². The Morgan fingerprint density at radius 3 is 2.74 bits per heavy atom. The van der Waals surface area contributed by atoms with Crippen LogP contribution >= 0.6 is 11.3 Å². The Morgan fingerprint density at radius 2 is 1.94 bits per heavy atom. The molecule has 4 rings (SSSR count). The number of thiazole rings is 1. The molecular weight excluding hydrogens is 432 g/mol. The Kier molecular flexibility index (Phi) is 6.24. The number of anilines is 2. The van der Waals surface area contributed by atoms with Gasteiger partial charge < -0.3 is 5.32 Å². The molecule has 0 saturated heterocycles. The first-order valence-electron chi connectivity index (χ1n) is 10.0. The molecule has 1 aliphatic rings. The number of carbonyl (C=O) groups is 1. The zero-order valence-electron chi connectivity index (χ0n) is 17.2. The van der Waals surface area contributed by atoms with Gasteiger partial charge in [0.1, 0.15) is 0 Å². The van der Waals surface area contributed by atoms with Crippen LogP contribution in [0.3, 0.4) is 0 Å². The number of fused-ring (bicyclic) bond motifs is 1. The fourth-order valence-electron chi connectivity index (χ4n) is 3.50.